The molecule has 3 aromatic rings. The molecule has 6 nitrogen and oxygen atoms in total. The van der Waals surface area contributed by atoms with Crippen molar-refractivity contribution in [1.82, 2.24) is 14.9 Å². The van der Waals surface area contributed by atoms with Gasteiger partial charge in [-0.25, -0.2) is 4.98 Å². The van der Waals surface area contributed by atoms with Crippen LogP contribution in [0.1, 0.15) is 24.1 Å². The molecule has 2 aromatic heterocycles. The van der Waals surface area contributed by atoms with Gasteiger partial charge < -0.3 is 20.4 Å². The number of nitrogen functional groups attached to an aromatic ring is 1. The van der Waals surface area contributed by atoms with Crippen LogP contribution in [0.25, 0.3) is 17.0 Å². The first-order valence-corrected chi connectivity index (χ1v) is 8.31. The van der Waals surface area contributed by atoms with Crippen molar-refractivity contribution in [3.05, 3.63) is 59.9 Å². The van der Waals surface area contributed by atoms with E-state index in [1.807, 2.05) is 37.4 Å². The number of hydrogen-bond acceptors (Lipinski definition) is 4. The van der Waals surface area contributed by atoms with Crippen molar-refractivity contribution in [2.24, 2.45) is 0 Å². The van der Waals surface area contributed by atoms with Crippen LogP contribution < -0.4 is 10.5 Å². The first kappa shape index (κ1) is 17.5. The topological polar surface area (TPSA) is 84.2 Å². The van der Waals surface area contributed by atoms with E-state index in [4.69, 9.17) is 10.5 Å². The lowest BCUT2D eigenvalue weighted by Crippen LogP contribution is -2.27. The van der Waals surface area contributed by atoms with Crippen molar-refractivity contribution in [2.75, 3.05) is 19.9 Å². The number of amides is 1. The number of carbonyl (C=O) groups is 1. The maximum Gasteiger partial charge on any atom is 0.246 e. The van der Waals surface area contributed by atoms with E-state index in [1.54, 1.807) is 43.5 Å². The van der Waals surface area contributed by atoms with Gasteiger partial charge in [0.25, 0.3) is 0 Å². The molecule has 0 aliphatic carbocycles. The molecule has 0 saturated heterocycles. The first-order chi connectivity index (χ1) is 12.5. The summed E-state index contributed by atoms with van der Waals surface area (Å²) in [6.07, 6.45) is 6.84. The van der Waals surface area contributed by atoms with Crippen molar-refractivity contribution in [3.63, 3.8) is 0 Å². The number of aromatic amines is 1. The van der Waals surface area contributed by atoms with E-state index in [1.165, 1.54) is 0 Å². The lowest BCUT2D eigenvalue weighted by atomic mass is 10.1. The fourth-order valence-corrected chi connectivity index (χ4v) is 2.79. The fraction of sp³-hybridized carbons (Fsp3) is 0.200. The lowest BCUT2D eigenvalue weighted by Gasteiger charge is -2.23. The highest BCUT2D eigenvalue weighted by Crippen LogP contribution is 2.30. The zero-order valence-corrected chi connectivity index (χ0v) is 15.1. The van der Waals surface area contributed by atoms with Gasteiger partial charge in [-0.1, -0.05) is 0 Å². The zero-order chi connectivity index (χ0) is 18.7. The summed E-state index contributed by atoms with van der Waals surface area (Å²) >= 11 is 0. The third kappa shape index (κ3) is 3.54. The van der Waals surface area contributed by atoms with E-state index in [2.05, 4.69) is 9.97 Å². The quantitative estimate of drug-likeness (QED) is 0.691. The van der Waals surface area contributed by atoms with Crippen molar-refractivity contribution < 1.29 is 9.53 Å². The van der Waals surface area contributed by atoms with Crippen LogP contribution >= 0.6 is 0 Å². The molecule has 134 valence electrons. The van der Waals surface area contributed by atoms with Gasteiger partial charge in [0.2, 0.25) is 5.91 Å². The molecule has 3 rings (SSSR count). The number of methoxy groups -OCH3 is 1. The third-order valence-electron chi connectivity index (χ3n) is 4.53. The van der Waals surface area contributed by atoms with Crippen molar-refractivity contribution in [3.8, 4) is 5.75 Å². The maximum absolute atomic E-state index is 12.5. The maximum atomic E-state index is 12.5. The molecule has 0 bridgehead atoms. The Morgan fingerprint density at radius 2 is 2.15 bits per heavy atom. The number of nitrogens with zero attached hydrogens (tertiary/aromatic N) is 2. The SMILES string of the molecule is COc1ccc2[nH]cc(C(C)N(C)C(=O)C=Cc3ccc(N)nc3)c2c1. The Kier molecular flexibility index (Phi) is 4.93. The number of fused-ring (bicyclic) bond motifs is 1. The molecule has 0 fully saturated rings. The summed E-state index contributed by atoms with van der Waals surface area (Å²) in [7, 11) is 3.43. The van der Waals surface area contributed by atoms with Crippen molar-refractivity contribution in [2.45, 2.75) is 13.0 Å². The number of anilines is 1. The molecule has 0 saturated carbocycles. The van der Waals surface area contributed by atoms with E-state index >= 15 is 0 Å². The Bertz CT molecular complexity index is 944. The minimum absolute atomic E-state index is 0.0911. The highest BCUT2D eigenvalue weighted by Gasteiger charge is 2.19. The van der Waals surface area contributed by atoms with Gasteiger partial charge in [-0.15, -0.1) is 0 Å². The molecule has 1 unspecified atom stereocenters. The molecule has 0 aliphatic heterocycles. The molecule has 0 radical (unpaired) electrons. The molecule has 1 atom stereocenters. The summed E-state index contributed by atoms with van der Waals surface area (Å²) in [5, 5.41) is 1.04. The van der Waals surface area contributed by atoms with Crippen LogP contribution in [0.4, 0.5) is 5.82 Å². The molecular weight excluding hydrogens is 328 g/mol. The number of ether oxygens (including phenoxy) is 1. The van der Waals surface area contributed by atoms with Crippen molar-refractivity contribution in [1.29, 1.82) is 0 Å². The van der Waals surface area contributed by atoms with Gasteiger partial charge in [-0.3, -0.25) is 4.79 Å². The van der Waals surface area contributed by atoms with Crippen LogP contribution in [0.3, 0.4) is 0 Å². The Labute approximate surface area is 152 Å². The largest absolute Gasteiger partial charge is 0.497 e. The van der Waals surface area contributed by atoms with Gasteiger partial charge >= 0.3 is 0 Å². The van der Waals surface area contributed by atoms with E-state index in [0.29, 0.717) is 5.82 Å². The second kappa shape index (κ2) is 7.31. The predicted molar refractivity (Wildman–Crippen MR) is 104 cm³/mol. The highest BCUT2D eigenvalue weighted by molar-refractivity contribution is 5.92. The zero-order valence-electron chi connectivity index (χ0n) is 15.1. The minimum atomic E-state index is -0.0995. The highest BCUT2D eigenvalue weighted by atomic mass is 16.5. The number of carbonyl (C=O) groups excluding carboxylic acids is 1. The van der Waals surface area contributed by atoms with Crippen LogP contribution in [0.2, 0.25) is 0 Å². The Balaban J connectivity index is 1.79. The van der Waals surface area contributed by atoms with Crippen LogP contribution in [-0.2, 0) is 4.79 Å². The van der Waals surface area contributed by atoms with E-state index < -0.39 is 0 Å². The average Bonchev–Trinajstić information content (AvgIpc) is 3.09. The standard InChI is InChI=1S/C20H22N4O2/c1-13(17-12-22-18-7-6-15(26-3)10-16(17)18)24(2)20(25)9-5-14-4-8-19(21)23-11-14/h4-13,22H,1-3H3,(H2,21,23). The number of nitrogens with two attached hydrogens (primary N) is 1. The number of benzene rings is 1. The van der Waals surface area contributed by atoms with Crippen LogP contribution in [-0.4, -0.2) is 34.9 Å². The molecule has 0 spiro atoms. The van der Waals surface area contributed by atoms with Gasteiger partial charge in [0.1, 0.15) is 11.6 Å². The van der Waals surface area contributed by atoms with Gasteiger partial charge in [0.05, 0.1) is 13.2 Å². The third-order valence-corrected chi connectivity index (χ3v) is 4.53. The number of H-pyrrole nitrogens is 1. The van der Waals surface area contributed by atoms with Gasteiger partial charge in [0.15, 0.2) is 0 Å². The molecule has 3 N–H and O–H groups in total. The van der Waals surface area contributed by atoms with E-state index in [-0.39, 0.29) is 11.9 Å². The Morgan fingerprint density at radius 3 is 2.85 bits per heavy atom. The molecular formula is C20H22N4O2. The van der Waals surface area contributed by atoms with E-state index in [0.717, 1.165) is 27.8 Å². The summed E-state index contributed by atoms with van der Waals surface area (Å²) in [4.78, 5) is 21.5. The molecule has 0 aliphatic rings. The number of hydrogen-bond donors (Lipinski definition) is 2. The second-order valence-electron chi connectivity index (χ2n) is 6.13. The number of likely N-dealkylation sites (N-methyl/N-ethyl adjacent to an activating group) is 1. The Morgan fingerprint density at radius 1 is 1.35 bits per heavy atom. The van der Waals surface area contributed by atoms with E-state index in [9.17, 15) is 4.79 Å². The van der Waals surface area contributed by atoms with Crippen LogP contribution in [0.15, 0.2) is 48.8 Å². The number of rotatable bonds is 5. The van der Waals surface area contributed by atoms with Crippen molar-refractivity contribution >= 4 is 28.7 Å². The summed E-state index contributed by atoms with van der Waals surface area (Å²) in [5.74, 6) is 1.15. The molecule has 1 aromatic carbocycles. The fourth-order valence-electron chi connectivity index (χ4n) is 2.79. The van der Waals surface area contributed by atoms with Crippen LogP contribution in [0.5, 0.6) is 5.75 Å². The smallest absolute Gasteiger partial charge is 0.246 e. The summed E-state index contributed by atoms with van der Waals surface area (Å²) < 4.78 is 5.31. The predicted octanol–water partition coefficient (Wildman–Crippen LogP) is 3.39. The van der Waals surface area contributed by atoms with Crippen LogP contribution in [0, 0.1) is 0 Å². The monoisotopic (exact) mass is 350 g/mol. The molecule has 6 heteroatoms. The van der Waals surface area contributed by atoms with Gasteiger partial charge in [-0.2, -0.15) is 0 Å². The number of nitrogens with one attached hydrogen (secondary N) is 1. The molecule has 2 heterocycles. The summed E-state index contributed by atoms with van der Waals surface area (Å²) in [6.45, 7) is 2.00. The minimum Gasteiger partial charge on any atom is -0.497 e. The lowest BCUT2D eigenvalue weighted by molar-refractivity contribution is -0.126. The Hall–Kier alpha value is -3.28. The molecule has 26 heavy (non-hydrogen) atoms. The summed E-state index contributed by atoms with van der Waals surface area (Å²) in [5.41, 5.74) is 8.44. The van der Waals surface area contributed by atoms with Gasteiger partial charge in [-0.05, 0) is 54.5 Å². The number of aromatic nitrogens is 2. The first-order valence-electron chi connectivity index (χ1n) is 8.31. The summed E-state index contributed by atoms with van der Waals surface area (Å²) in [6, 6.07) is 9.28. The second-order valence-corrected chi connectivity index (χ2v) is 6.13. The number of pyridine rings is 1. The molecule has 1 amide bonds. The van der Waals surface area contributed by atoms with Gasteiger partial charge in [0, 0.05) is 36.4 Å². The average molecular weight is 350 g/mol. The normalized spacial score (nSPS) is 12.4.